The lowest BCUT2D eigenvalue weighted by Crippen LogP contribution is -2.17. The summed E-state index contributed by atoms with van der Waals surface area (Å²) in [6, 6.07) is 2.25. The zero-order chi connectivity index (χ0) is 21.9. The minimum absolute atomic E-state index is 0.0176. The van der Waals surface area contributed by atoms with Crippen LogP contribution in [0.15, 0.2) is 18.3 Å². The van der Waals surface area contributed by atoms with E-state index in [1.807, 2.05) is 0 Å². The van der Waals surface area contributed by atoms with Gasteiger partial charge >= 0.3 is 6.18 Å². The summed E-state index contributed by atoms with van der Waals surface area (Å²) in [5.41, 5.74) is -0.269. The highest BCUT2D eigenvalue weighted by Gasteiger charge is 2.32. The Morgan fingerprint density at radius 2 is 2.00 bits per heavy atom. The van der Waals surface area contributed by atoms with Crippen LogP contribution in [-0.2, 0) is 11.0 Å². The van der Waals surface area contributed by atoms with Crippen LogP contribution in [-0.4, -0.2) is 33.2 Å². The molecule has 0 radical (unpaired) electrons. The number of carbonyl (C=O) groups excluding carboxylic acids is 2. The van der Waals surface area contributed by atoms with Crippen LogP contribution >= 0.6 is 11.6 Å². The standard InChI is InChI=1S/C19H18ClF3N4O3/c1-10-7-14(26-18(25-10)27-16(29)11-4-5-11)15(28)3-2-6-30-17-13(20)8-12(9-24-17)19(21,22)23/h7-9,11H,2-6H2,1H3,(H,25,26,27,29). The average molecular weight is 443 g/mol. The number of ketones is 1. The third kappa shape index (κ3) is 5.88. The van der Waals surface area contributed by atoms with Crippen LogP contribution in [0.1, 0.15) is 47.4 Å². The van der Waals surface area contributed by atoms with Gasteiger partial charge in [0.1, 0.15) is 10.7 Å². The molecule has 2 aromatic rings. The predicted octanol–water partition coefficient (Wildman–Crippen LogP) is 4.24. The molecule has 160 valence electrons. The smallest absolute Gasteiger partial charge is 0.417 e. The van der Waals surface area contributed by atoms with E-state index in [1.54, 1.807) is 6.92 Å². The normalized spacial score (nSPS) is 13.8. The van der Waals surface area contributed by atoms with Crippen molar-refractivity contribution in [3.8, 4) is 5.88 Å². The summed E-state index contributed by atoms with van der Waals surface area (Å²) in [6.45, 7) is 1.71. The second-order valence-electron chi connectivity index (χ2n) is 6.87. The molecule has 3 rings (SSSR count). The number of nitrogens with zero attached hydrogens (tertiary/aromatic N) is 3. The molecule has 30 heavy (non-hydrogen) atoms. The first-order chi connectivity index (χ1) is 14.1. The number of amides is 1. The van der Waals surface area contributed by atoms with Crippen LogP contribution in [0.3, 0.4) is 0 Å². The van der Waals surface area contributed by atoms with E-state index < -0.39 is 11.7 Å². The molecule has 1 saturated carbocycles. The summed E-state index contributed by atoms with van der Waals surface area (Å²) in [5.74, 6) is -0.505. The Hall–Kier alpha value is -2.75. The van der Waals surface area contributed by atoms with Gasteiger partial charge in [-0.2, -0.15) is 13.2 Å². The first-order valence-electron chi connectivity index (χ1n) is 9.19. The first-order valence-corrected chi connectivity index (χ1v) is 9.56. The van der Waals surface area contributed by atoms with Crippen molar-refractivity contribution in [1.29, 1.82) is 0 Å². The van der Waals surface area contributed by atoms with E-state index in [2.05, 4.69) is 20.3 Å². The average Bonchev–Trinajstić information content (AvgIpc) is 3.50. The minimum atomic E-state index is -4.55. The van der Waals surface area contributed by atoms with Crippen molar-refractivity contribution in [2.75, 3.05) is 11.9 Å². The highest BCUT2D eigenvalue weighted by atomic mass is 35.5. The van der Waals surface area contributed by atoms with Crippen LogP contribution in [0.5, 0.6) is 5.88 Å². The van der Waals surface area contributed by atoms with Gasteiger partial charge in [0.15, 0.2) is 5.78 Å². The summed E-state index contributed by atoms with van der Waals surface area (Å²) in [4.78, 5) is 36.0. The lowest BCUT2D eigenvalue weighted by Gasteiger charge is -2.10. The van der Waals surface area contributed by atoms with Gasteiger partial charge in [0.2, 0.25) is 17.7 Å². The summed E-state index contributed by atoms with van der Waals surface area (Å²) in [6.07, 6.45) is -1.90. The SMILES string of the molecule is Cc1cc(C(=O)CCCOc2ncc(C(F)(F)F)cc2Cl)nc(NC(=O)C2CC2)n1. The second kappa shape index (κ2) is 8.95. The molecule has 1 aliphatic rings. The lowest BCUT2D eigenvalue weighted by atomic mass is 10.1. The van der Waals surface area contributed by atoms with Gasteiger partial charge in [0, 0.05) is 24.2 Å². The Morgan fingerprint density at radius 3 is 2.63 bits per heavy atom. The van der Waals surface area contributed by atoms with E-state index in [9.17, 15) is 22.8 Å². The highest BCUT2D eigenvalue weighted by molar-refractivity contribution is 6.31. The summed E-state index contributed by atoms with van der Waals surface area (Å²) in [7, 11) is 0. The molecule has 1 N–H and O–H groups in total. The molecule has 0 bridgehead atoms. The van der Waals surface area contributed by atoms with E-state index in [0.717, 1.165) is 18.9 Å². The fourth-order valence-corrected chi connectivity index (χ4v) is 2.76. The van der Waals surface area contributed by atoms with Crippen molar-refractivity contribution in [2.24, 2.45) is 5.92 Å². The maximum Gasteiger partial charge on any atom is 0.417 e. The molecule has 11 heteroatoms. The molecule has 0 atom stereocenters. The molecule has 7 nitrogen and oxygen atoms in total. The van der Waals surface area contributed by atoms with Crippen molar-refractivity contribution >= 4 is 29.2 Å². The quantitative estimate of drug-likeness (QED) is 0.485. The van der Waals surface area contributed by atoms with Crippen molar-refractivity contribution in [3.63, 3.8) is 0 Å². The number of aromatic nitrogens is 3. The molecule has 1 amide bonds. The van der Waals surface area contributed by atoms with Gasteiger partial charge in [0.25, 0.3) is 0 Å². The predicted molar refractivity (Wildman–Crippen MR) is 101 cm³/mol. The molecule has 0 saturated heterocycles. The molecule has 0 aliphatic heterocycles. The number of nitrogens with one attached hydrogen (secondary N) is 1. The Kier molecular flexibility index (Phi) is 6.55. The van der Waals surface area contributed by atoms with Crippen LogP contribution in [0.4, 0.5) is 19.1 Å². The summed E-state index contributed by atoms with van der Waals surface area (Å²) in [5, 5.41) is 2.34. The number of Topliss-reactive ketones (excluding diaryl/α,β-unsaturated/α-hetero) is 1. The van der Waals surface area contributed by atoms with Crippen LogP contribution in [0.2, 0.25) is 5.02 Å². The lowest BCUT2D eigenvalue weighted by molar-refractivity contribution is -0.137. The Bertz CT molecular complexity index is 965. The number of hydrogen-bond donors (Lipinski definition) is 1. The third-order valence-electron chi connectivity index (χ3n) is 4.24. The second-order valence-corrected chi connectivity index (χ2v) is 7.27. The van der Waals surface area contributed by atoms with E-state index in [0.29, 0.717) is 11.9 Å². The van der Waals surface area contributed by atoms with Gasteiger partial charge in [0.05, 0.1) is 12.2 Å². The van der Waals surface area contributed by atoms with E-state index in [-0.39, 0.29) is 59.6 Å². The molecule has 0 unspecified atom stereocenters. The van der Waals surface area contributed by atoms with Gasteiger partial charge in [-0.05, 0) is 38.3 Å². The first kappa shape index (κ1) is 21.9. The molecule has 2 heterocycles. The number of hydrogen-bond acceptors (Lipinski definition) is 6. The fraction of sp³-hybridized carbons (Fsp3) is 0.421. The van der Waals surface area contributed by atoms with Gasteiger partial charge in [-0.1, -0.05) is 11.6 Å². The van der Waals surface area contributed by atoms with Gasteiger partial charge in [-0.15, -0.1) is 0 Å². The molecular formula is C19H18ClF3N4O3. The van der Waals surface area contributed by atoms with Gasteiger partial charge in [-0.25, -0.2) is 15.0 Å². The molecule has 1 fully saturated rings. The number of halogens is 4. The molecule has 2 aromatic heterocycles. The largest absolute Gasteiger partial charge is 0.477 e. The van der Waals surface area contributed by atoms with E-state index in [1.165, 1.54) is 6.07 Å². The van der Waals surface area contributed by atoms with Gasteiger partial charge in [-0.3, -0.25) is 14.9 Å². The van der Waals surface area contributed by atoms with Crippen LogP contribution < -0.4 is 10.1 Å². The van der Waals surface area contributed by atoms with Gasteiger partial charge < -0.3 is 4.74 Å². The van der Waals surface area contributed by atoms with E-state index in [4.69, 9.17) is 16.3 Å². The van der Waals surface area contributed by atoms with Crippen molar-refractivity contribution < 1.29 is 27.5 Å². The zero-order valence-corrected chi connectivity index (χ0v) is 16.7. The van der Waals surface area contributed by atoms with Crippen LogP contribution in [0, 0.1) is 12.8 Å². The number of pyridine rings is 1. The number of carbonyl (C=O) groups is 2. The maximum atomic E-state index is 12.6. The number of ether oxygens (including phenoxy) is 1. The summed E-state index contributed by atoms with van der Waals surface area (Å²) >= 11 is 5.77. The molecule has 0 aromatic carbocycles. The Morgan fingerprint density at radius 1 is 1.27 bits per heavy atom. The number of rotatable bonds is 8. The van der Waals surface area contributed by atoms with Crippen molar-refractivity contribution in [3.05, 3.63) is 40.3 Å². The van der Waals surface area contributed by atoms with Crippen LogP contribution in [0.25, 0.3) is 0 Å². The molecule has 1 aliphatic carbocycles. The zero-order valence-electron chi connectivity index (χ0n) is 15.9. The molecule has 0 spiro atoms. The molecular weight excluding hydrogens is 425 g/mol. The minimum Gasteiger partial charge on any atom is -0.477 e. The number of alkyl halides is 3. The third-order valence-corrected chi connectivity index (χ3v) is 4.52. The maximum absolute atomic E-state index is 12.6. The Balaban J connectivity index is 1.52. The topological polar surface area (TPSA) is 94.1 Å². The fourth-order valence-electron chi connectivity index (χ4n) is 2.54. The highest BCUT2D eigenvalue weighted by Crippen LogP contribution is 2.33. The Labute approximate surface area is 175 Å². The monoisotopic (exact) mass is 442 g/mol. The number of anilines is 1. The van der Waals surface area contributed by atoms with Crippen molar-refractivity contribution in [1.82, 2.24) is 15.0 Å². The number of aryl methyl sites for hydroxylation is 1. The van der Waals surface area contributed by atoms with Crippen molar-refractivity contribution in [2.45, 2.75) is 38.8 Å². The van der Waals surface area contributed by atoms with E-state index >= 15 is 0 Å². The summed E-state index contributed by atoms with van der Waals surface area (Å²) < 4.78 is 43.1.